The van der Waals surface area contributed by atoms with Gasteiger partial charge in [-0.15, -0.1) is 0 Å². The number of carbonyl (C=O) groups excluding carboxylic acids is 2. The number of fused-ring (bicyclic) bond motifs is 1. The number of Topliss-reactive ketones (excluding diaryl/α,β-unsaturated/α-hetero) is 1. The Hall–Kier alpha value is -4.24. The van der Waals surface area contributed by atoms with E-state index in [1.54, 1.807) is 49.4 Å². The first kappa shape index (κ1) is 23.9. The molecule has 0 spiro atoms. The Morgan fingerprint density at radius 2 is 1.74 bits per heavy atom. The van der Waals surface area contributed by atoms with Gasteiger partial charge in [0.2, 0.25) is 5.78 Å². The molecule has 178 valence electrons. The molecule has 0 saturated carbocycles. The molecule has 0 amide bonds. The Morgan fingerprint density at radius 1 is 1.03 bits per heavy atom. The third-order valence-corrected chi connectivity index (χ3v) is 6.00. The van der Waals surface area contributed by atoms with Crippen molar-refractivity contribution in [1.82, 2.24) is 14.1 Å². The molecule has 0 aliphatic carbocycles. The van der Waals surface area contributed by atoms with E-state index in [1.165, 1.54) is 14.1 Å². The number of pyridine rings is 1. The number of nitrogens with zero attached hydrogens (tertiary/aromatic N) is 3. The van der Waals surface area contributed by atoms with Crippen molar-refractivity contribution in [2.24, 2.45) is 14.1 Å². The average Bonchev–Trinajstić information content (AvgIpc) is 2.84. The number of ketones is 1. The minimum atomic E-state index is -0.861. The van der Waals surface area contributed by atoms with Gasteiger partial charge in [-0.3, -0.25) is 18.7 Å². The number of para-hydroxylation sites is 1. The van der Waals surface area contributed by atoms with Crippen LogP contribution >= 0.6 is 11.6 Å². The predicted octanol–water partition coefficient (Wildman–Crippen LogP) is 2.88. The number of benzene rings is 2. The molecule has 0 fully saturated rings. The molecule has 0 aliphatic heterocycles. The number of hydrogen-bond acceptors (Lipinski definition) is 7. The second-order valence-electron chi connectivity index (χ2n) is 7.95. The summed E-state index contributed by atoms with van der Waals surface area (Å²) < 4.78 is 7.08. The lowest BCUT2D eigenvalue weighted by Gasteiger charge is -2.15. The van der Waals surface area contributed by atoms with E-state index in [0.717, 1.165) is 9.13 Å². The number of nitrogens with two attached hydrogens (primary N) is 1. The van der Waals surface area contributed by atoms with Gasteiger partial charge >= 0.3 is 11.7 Å². The number of nitrogen functional groups attached to an aromatic ring is 1. The zero-order valence-corrected chi connectivity index (χ0v) is 19.9. The topological polar surface area (TPSA) is 126 Å². The number of esters is 1. The zero-order valence-electron chi connectivity index (χ0n) is 19.2. The molecule has 0 saturated heterocycles. The van der Waals surface area contributed by atoms with Crippen molar-refractivity contribution < 1.29 is 14.3 Å². The van der Waals surface area contributed by atoms with Crippen LogP contribution in [0.25, 0.3) is 22.2 Å². The lowest BCUT2D eigenvalue weighted by Crippen LogP contribution is -2.42. The Bertz CT molecular complexity index is 1640. The van der Waals surface area contributed by atoms with Crippen molar-refractivity contribution in [2.45, 2.75) is 6.92 Å². The van der Waals surface area contributed by atoms with Crippen LogP contribution in [0.4, 0.5) is 5.82 Å². The summed E-state index contributed by atoms with van der Waals surface area (Å²) in [5.74, 6) is -1.89. The first-order valence-corrected chi connectivity index (χ1v) is 10.9. The third kappa shape index (κ3) is 4.22. The van der Waals surface area contributed by atoms with Crippen LogP contribution in [0.1, 0.15) is 26.3 Å². The first-order valence-electron chi connectivity index (χ1n) is 10.5. The zero-order chi connectivity index (χ0) is 25.4. The lowest BCUT2D eigenvalue weighted by atomic mass is 9.98. The quantitative estimate of drug-likeness (QED) is 0.335. The maximum absolute atomic E-state index is 13.2. The van der Waals surface area contributed by atoms with Gasteiger partial charge in [-0.25, -0.2) is 14.6 Å². The first-order chi connectivity index (χ1) is 16.6. The Balaban J connectivity index is 1.74. The molecule has 0 bridgehead atoms. The second kappa shape index (κ2) is 9.19. The molecule has 2 aromatic heterocycles. The maximum atomic E-state index is 13.2. The Labute approximate surface area is 204 Å². The summed E-state index contributed by atoms with van der Waals surface area (Å²) in [5, 5.41) is 1.06. The number of ether oxygens (including phenoxy) is 1. The van der Waals surface area contributed by atoms with Crippen LogP contribution in [0.15, 0.2) is 58.1 Å². The van der Waals surface area contributed by atoms with E-state index in [-0.39, 0.29) is 11.4 Å². The minimum Gasteiger partial charge on any atom is -0.454 e. The van der Waals surface area contributed by atoms with Crippen molar-refractivity contribution in [1.29, 1.82) is 0 Å². The van der Waals surface area contributed by atoms with Gasteiger partial charge < -0.3 is 10.5 Å². The summed E-state index contributed by atoms with van der Waals surface area (Å²) in [6.45, 7) is 0.994. The third-order valence-electron chi connectivity index (χ3n) is 5.76. The Morgan fingerprint density at radius 3 is 2.46 bits per heavy atom. The summed E-state index contributed by atoms with van der Waals surface area (Å²) >= 11 is 6.15. The number of halogens is 1. The number of aromatic nitrogens is 3. The molecule has 35 heavy (non-hydrogen) atoms. The van der Waals surface area contributed by atoms with E-state index < -0.39 is 35.2 Å². The highest BCUT2D eigenvalue weighted by Gasteiger charge is 2.24. The van der Waals surface area contributed by atoms with E-state index in [0.29, 0.717) is 32.7 Å². The van der Waals surface area contributed by atoms with Crippen LogP contribution in [0, 0.1) is 6.92 Å². The van der Waals surface area contributed by atoms with Gasteiger partial charge in [0.15, 0.2) is 6.61 Å². The molecule has 4 rings (SSSR count). The molecule has 0 atom stereocenters. The SMILES string of the molecule is Cc1c(-c2cccc(Cl)c2)nc2ccccc2c1C(=O)OCC(=O)c1c(N)n(C)c(=O)n(C)c1=O. The summed E-state index contributed by atoms with van der Waals surface area (Å²) in [6.07, 6.45) is 0. The highest BCUT2D eigenvalue weighted by Crippen LogP contribution is 2.31. The van der Waals surface area contributed by atoms with Gasteiger partial charge in [0.05, 0.1) is 16.8 Å². The second-order valence-corrected chi connectivity index (χ2v) is 8.39. The van der Waals surface area contributed by atoms with Crippen LogP contribution in [-0.4, -0.2) is 32.5 Å². The standard InChI is InChI=1S/C25H21ClN4O5/c1-13-19(16-9-4-5-10-17(16)28-21(13)14-7-6-8-15(26)11-14)24(33)35-12-18(31)20-22(27)29(2)25(34)30(3)23(20)32/h4-11H,12,27H2,1-3H3. The van der Waals surface area contributed by atoms with Gasteiger partial charge in [0.1, 0.15) is 11.4 Å². The van der Waals surface area contributed by atoms with E-state index in [2.05, 4.69) is 0 Å². The molecule has 2 aromatic carbocycles. The highest BCUT2D eigenvalue weighted by atomic mass is 35.5. The van der Waals surface area contributed by atoms with Crippen molar-refractivity contribution in [2.75, 3.05) is 12.3 Å². The largest absolute Gasteiger partial charge is 0.454 e. The van der Waals surface area contributed by atoms with Crippen LogP contribution in [-0.2, 0) is 18.8 Å². The molecule has 2 N–H and O–H groups in total. The van der Waals surface area contributed by atoms with Crippen LogP contribution in [0.3, 0.4) is 0 Å². The van der Waals surface area contributed by atoms with Crippen molar-refractivity contribution in [3.63, 3.8) is 0 Å². The predicted molar refractivity (Wildman–Crippen MR) is 133 cm³/mol. The van der Waals surface area contributed by atoms with Crippen LogP contribution < -0.4 is 17.0 Å². The smallest absolute Gasteiger partial charge is 0.339 e. The minimum absolute atomic E-state index is 0.236. The summed E-state index contributed by atoms with van der Waals surface area (Å²) in [4.78, 5) is 55.2. The fourth-order valence-corrected chi connectivity index (χ4v) is 4.07. The number of rotatable bonds is 5. The molecule has 0 unspecified atom stereocenters. The van der Waals surface area contributed by atoms with E-state index >= 15 is 0 Å². The summed E-state index contributed by atoms with van der Waals surface area (Å²) in [7, 11) is 2.57. The monoisotopic (exact) mass is 492 g/mol. The summed E-state index contributed by atoms with van der Waals surface area (Å²) in [6, 6.07) is 14.1. The van der Waals surface area contributed by atoms with Crippen molar-refractivity contribution >= 4 is 40.1 Å². The number of hydrogen-bond donors (Lipinski definition) is 1. The van der Waals surface area contributed by atoms with E-state index in [1.807, 2.05) is 6.07 Å². The van der Waals surface area contributed by atoms with Gasteiger partial charge in [-0.1, -0.05) is 41.9 Å². The maximum Gasteiger partial charge on any atom is 0.339 e. The molecular weight excluding hydrogens is 472 g/mol. The number of carbonyl (C=O) groups is 2. The fourth-order valence-electron chi connectivity index (χ4n) is 3.88. The number of anilines is 1. The molecular formula is C25H21ClN4O5. The molecule has 0 radical (unpaired) electrons. The lowest BCUT2D eigenvalue weighted by molar-refractivity contribution is 0.0475. The average molecular weight is 493 g/mol. The van der Waals surface area contributed by atoms with Crippen LogP contribution in [0.5, 0.6) is 0 Å². The van der Waals surface area contributed by atoms with Gasteiger partial charge in [0, 0.05) is 30.1 Å². The Kier molecular flexibility index (Phi) is 6.27. The van der Waals surface area contributed by atoms with Gasteiger partial charge in [-0.05, 0) is 30.7 Å². The molecule has 0 aliphatic rings. The molecule has 4 aromatic rings. The van der Waals surface area contributed by atoms with Gasteiger partial charge in [0.25, 0.3) is 5.56 Å². The summed E-state index contributed by atoms with van der Waals surface area (Å²) in [5.41, 5.74) is 6.48. The highest BCUT2D eigenvalue weighted by molar-refractivity contribution is 6.30. The molecule has 10 heteroatoms. The van der Waals surface area contributed by atoms with E-state index in [9.17, 15) is 19.2 Å². The fraction of sp³-hybridized carbons (Fsp3) is 0.160. The normalized spacial score (nSPS) is 11.0. The molecule has 9 nitrogen and oxygen atoms in total. The van der Waals surface area contributed by atoms with Crippen molar-refractivity contribution in [3.05, 3.63) is 91.1 Å². The van der Waals surface area contributed by atoms with Crippen LogP contribution in [0.2, 0.25) is 5.02 Å². The molecule has 2 heterocycles. The van der Waals surface area contributed by atoms with E-state index in [4.69, 9.17) is 27.1 Å². The van der Waals surface area contributed by atoms with Crippen molar-refractivity contribution in [3.8, 4) is 11.3 Å². The van der Waals surface area contributed by atoms with Gasteiger partial charge in [-0.2, -0.15) is 0 Å².